The van der Waals surface area contributed by atoms with E-state index in [0.29, 0.717) is 52.4 Å². The van der Waals surface area contributed by atoms with Gasteiger partial charge in [0.2, 0.25) is 5.82 Å². The summed E-state index contributed by atoms with van der Waals surface area (Å²) in [7, 11) is -3.46. The first-order chi connectivity index (χ1) is 22.8. The zero-order chi connectivity index (χ0) is 32.6. The van der Waals surface area contributed by atoms with Crippen LogP contribution in [0.3, 0.4) is 0 Å². The van der Waals surface area contributed by atoms with E-state index in [1.54, 1.807) is 47.4 Å². The molecule has 0 saturated heterocycles. The number of thioether (sulfide) groups is 1. The highest BCUT2D eigenvalue weighted by molar-refractivity contribution is 8.00. The molecule has 0 unspecified atom stereocenters. The number of thiazole rings is 1. The van der Waals surface area contributed by atoms with E-state index < -0.39 is 9.84 Å². The highest BCUT2D eigenvalue weighted by atomic mass is 35.5. The second kappa shape index (κ2) is 15.4. The molecule has 1 fully saturated rings. The summed E-state index contributed by atoms with van der Waals surface area (Å²) in [5.41, 5.74) is 4.05. The fourth-order valence-electron chi connectivity index (χ4n) is 5.45. The maximum absolute atomic E-state index is 13.5. The van der Waals surface area contributed by atoms with Gasteiger partial charge in [0, 0.05) is 27.6 Å². The largest absolute Gasteiger partial charge is 0.483 e. The third kappa shape index (κ3) is 8.98. The van der Waals surface area contributed by atoms with Crippen molar-refractivity contribution in [2.24, 2.45) is 0 Å². The normalized spacial score (nSPS) is 13.6. The number of amides is 1. The number of carbonyl (C=O) groups excluding carboxylic acids is 1. The molecule has 1 aliphatic carbocycles. The average molecular weight is 709 g/mol. The van der Waals surface area contributed by atoms with Gasteiger partial charge in [0.25, 0.3) is 5.91 Å². The van der Waals surface area contributed by atoms with Gasteiger partial charge in [-0.15, -0.1) is 21.5 Å². The van der Waals surface area contributed by atoms with Crippen LogP contribution in [0.4, 0.5) is 5.69 Å². The van der Waals surface area contributed by atoms with Crippen molar-refractivity contribution in [1.29, 1.82) is 0 Å². The van der Waals surface area contributed by atoms with Gasteiger partial charge >= 0.3 is 0 Å². The van der Waals surface area contributed by atoms with Crippen LogP contribution in [-0.4, -0.2) is 45.7 Å². The van der Waals surface area contributed by atoms with Crippen LogP contribution in [0.15, 0.2) is 81.3 Å². The lowest BCUT2D eigenvalue weighted by Gasteiger charge is -2.14. The second-order valence-electron chi connectivity index (χ2n) is 11.3. The van der Waals surface area contributed by atoms with Crippen LogP contribution in [0.5, 0.6) is 5.75 Å². The van der Waals surface area contributed by atoms with Crippen LogP contribution in [0.2, 0.25) is 5.02 Å². The molecule has 2 heterocycles. The van der Waals surface area contributed by atoms with Crippen molar-refractivity contribution in [2.75, 3.05) is 11.1 Å². The van der Waals surface area contributed by atoms with Crippen LogP contribution in [0.1, 0.15) is 71.0 Å². The molecule has 0 aliphatic heterocycles. The van der Waals surface area contributed by atoms with E-state index >= 15 is 0 Å². The Kier molecular flexibility index (Phi) is 10.9. The summed E-state index contributed by atoms with van der Waals surface area (Å²) >= 11 is 9.28. The molecule has 1 aliphatic rings. The predicted octanol–water partition coefficient (Wildman–Crippen LogP) is 7.50. The molecule has 0 spiro atoms. The number of halogens is 1. The second-order valence-corrected chi connectivity index (χ2v) is 15.9. The minimum atomic E-state index is -3.46. The van der Waals surface area contributed by atoms with E-state index in [1.165, 1.54) is 43.5 Å². The number of hydrogen-bond acceptors (Lipinski definition) is 10. The molecular weight excluding hydrogens is 676 g/mol. The molecule has 1 amide bonds. The number of H-pyrrole nitrogens is 1. The van der Waals surface area contributed by atoms with E-state index in [-0.39, 0.29) is 23.2 Å². The molecule has 1 saturated carbocycles. The van der Waals surface area contributed by atoms with Gasteiger partial charge < -0.3 is 10.1 Å². The molecule has 5 aromatic rings. The number of tetrazole rings is 1. The van der Waals surface area contributed by atoms with Gasteiger partial charge in [-0.05, 0) is 85.3 Å². The summed E-state index contributed by atoms with van der Waals surface area (Å²) in [6.45, 7) is 0.0456. The van der Waals surface area contributed by atoms with Crippen molar-refractivity contribution in [3.8, 4) is 5.75 Å². The molecule has 244 valence electrons. The van der Waals surface area contributed by atoms with Crippen molar-refractivity contribution < 1.29 is 17.9 Å². The first-order valence-corrected chi connectivity index (χ1v) is 19.2. The Balaban J connectivity index is 1.12. The van der Waals surface area contributed by atoms with Crippen molar-refractivity contribution in [3.05, 3.63) is 105 Å². The van der Waals surface area contributed by atoms with Crippen molar-refractivity contribution in [1.82, 2.24) is 25.6 Å². The summed E-state index contributed by atoms with van der Waals surface area (Å²) < 4.78 is 32.6. The first-order valence-electron chi connectivity index (χ1n) is 15.3. The lowest BCUT2D eigenvalue weighted by molar-refractivity contribution is 0.102. The van der Waals surface area contributed by atoms with E-state index in [0.717, 1.165) is 15.5 Å². The standard InChI is InChI=1S/C33H33ClN6O4S3/c34-26-11-13-27(14-12-26)47(42,43)16-4-6-22-10-15-30(44-19-31-37-39-40-38-31)28(18-22)35-32(41)25-9-3-5-23(17-25)20-45-33-36-29(21-46-33)24-7-1-2-8-24/h3,5,9-15,17-18,21,24H,1-2,4,6-8,16,19-20H2,(H,35,41)(H,37,38,39,40). The quantitative estimate of drug-likeness (QED) is 0.112. The molecular formula is C33H33ClN6O4S3. The molecule has 47 heavy (non-hydrogen) atoms. The number of sulfone groups is 1. The highest BCUT2D eigenvalue weighted by Gasteiger charge is 2.20. The molecule has 0 atom stereocenters. The number of nitrogens with one attached hydrogen (secondary N) is 2. The van der Waals surface area contributed by atoms with Gasteiger partial charge in [-0.2, -0.15) is 5.21 Å². The monoisotopic (exact) mass is 708 g/mol. The van der Waals surface area contributed by atoms with Crippen LogP contribution in [-0.2, 0) is 28.6 Å². The maximum Gasteiger partial charge on any atom is 0.255 e. The summed E-state index contributed by atoms with van der Waals surface area (Å²) in [6.07, 6.45) is 5.89. The fraction of sp³-hybridized carbons (Fsp3) is 0.303. The predicted molar refractivity (Wildman–Crippen MR) is 184 cm³/mol. The number of benzene rings is 3. The van der Waals surface area contributed by atoms with Gasteiger partial charge in [0.15, 0.2) is 16.4 Å². The van der Waals surface area contributed by atoms with Crippen molar-refractivity contribution >= 4 is 56.1 Å². The SMILES string of the molecule is O=C(Nc1cc(CCCS(=O)(=O)c2ccc(Cl)cc2)ccc1OCc1nn[nH]n1)c1cccc(CSc2nc(C3CCCC3)cs2)c1. The molecule has 3 aromatic carbocycles. The van der Waals surface area contributed by atoms with Crippen molar-refractivity contribution in [2.45, 2.75) is 66.0 Å². The lowest BCUT2D eigenvalue weighted by atomic mass is 10.1. The zero-order valence-corrected chi connectivity index (χ0v) is 28.6. The minimum Gasteiger partial charge on any atom is -0.483 e. The zero-order valence-electron chi connectivity index (χ0n) is 25.4. The molecule has 0 radical (unpaired) electrons. The van der Waals surface area contributed by atoms with Crippen LogP contribution in [0, 0.1) is 0 Å². The van der Waals surface area contributed by atoms with Crippen molar-refractivity contribution in [3.63, 3.8) is 0 Å². The lowest BCUT2D eigenvalue weighted by Crippen LogP contribution is -2.14. The van der Waals surface area contributed by atoms with Crippen LogP contribution in [0.25, 0.3) is 0 Å². The number of ether oxygens (including phenoxy) is 1. The smallest absolute Gasteiger partial charge is 0.255 e. The number of anilines is 1. The Morgan fingerprint density at radius 3 is 2.68 bits per heavy atom. The third-order valence-electron chi connectivity index (χ3n) is 7.92. The maximum atomic E-state index is 13.5. The van der Waals surface area contributed by atoms with Crippen LogP contribution >= 0.6 is 34.7 Å². The van der Waals surface area contributed by atoms with Gasteiger partial charge in [-0.25, -0.2) is 13.4 Å². The van der Waals surface area contributed by atoms with E-state index in [4.69, 9.17) is 21.3 Å². The third-order valence-corrected chi connectivity index (χ3v) is 12.1. The van der Waals surface area contributed by atoms with Gasteiger partial charge in [0.05, 0.1) is 22.0 Å². The molecule has 2 aromatic heterocycles. The van der Waals surface area contributed by atoms with Gasteiger partial charge in [0.1, 0.15) is 10.1 Å². The minimum absolute atomic E-state index is 0.0277. The molecule has 6 rings (SSSR count). The number of aromatic nitrogens is 5. The van der Waals surface area contributed by atoms with E-state index in [1.807, 2.05) is 30.3 Å². The number of carbonyl (C=O) groups is 1. The number of aromatic amines is 1. The molecule has 14 heteroatoms. The number of hydrogen-bond donors (Lipinski definition) is 2. The average Bonchev–Trinajstić information content (AvgIpc) is 3.87. The Morgan fingerprint density at radius 2 is 1.89 bits per heavy atom. The fourth-order valence-corrected chi connectivity index (χ4v) is 8.75. The summed E-state index contributed by atoms with van der Waals surface area (Å²) in [6, 6.07) is 19.1. The Bertz CT molecular complexity index is 1910. The summed E-state index contributed by atoms with van der Waals surface area (Å²) in [4.78, 5) is 18.6. The van der Waals surface area contributed by atoms with Gasteiger partial charge in [-0.3, -0.25) is 4.79 Å². The Morgan fingerprint density at radius 1 is 1.06 bits per heavy atom. The molecule has 2 N–H and O–H groups in total. The van der Waals surface area contributed by atoms with E-state index in [2.05, 4.69) is 31.3 Å². The first kappa shape index (κ1) is 33.1. The molecule has 0 bridgehead atoms. The topological polar surface area (TPSA) is 140 Å². The number of rotatable bonds is 14. The highest BCUT2D eigenvalue weighted by Crippen LogP contribution is 2.37. The van der Waals surface area contributed by atoms with Gasteiger partial charge in [-0.1, -0.05) is 59.6 Å². The Hall–Kier alpha value is -3.78. The van der Waals surface area contributed by atoms with E-state index in [9.17, 15) is 13.2 Å². The van der Waals surface area contributed by atoms with Crippen LogP contribution < -0.4 is 10.1 Å². The Labute approximate surface area is 286 Å². The summed E-state index contributed by atoms with van der Waals surface area (Å²) in [5, 5.41) is 19.5. The molecule has 10 nitrogen and oxygen atoms in total. The number of nitrogens with zero attached hydrogens (tertiary/aromatic N) is 4. The number of aryl methyl sites for hydroxylation is 1. The summed E-state index contributed by atoms with van der Waals surface area (Å²) in [5.74, 6) is 1.76.